The van der Waals surface area contributed by atoms with E-state index in [4.69, 9.17) is 5.73 Å². The van der Waals surface area contributed by atoms with Gasteiger partial charge in [0.1, 0.15) is 0 Å². The summed E-state index contributed by atoms with van der Waals surface area (Å²) >= 11 is 0. The largest absolute Gasteiger partial charge is 0.396 e. The summed E-state index contributed by atoms with van der Waals surface area (Å²) in [5.74, 6) is -1.16. The van der Waals surface area contributed by atoms with Crippen LogP contribution >= 0.6 is 0 Å². The Morgan fingerprint density at radius 3 is 2.61 bits per heavy atom. The number of carbonyl (C=O) groups excluding carboxylic acids is 1. The number of aromatic nitrogens is 2. The molecule has 2 N–H and O–H groups in total. The van der Waals surface area contributed by atoms with Crippen LogP contribution in [0.4, 0.5) is 15.8 Å². The van der Waals surface area contributed by atoms with Gasteiger partial charge in [0, 0.05) is 19.4 Å². The van der Waals surface area contributed by atoms with Gasteiger partial charge in [-0.1, -0.05) is 0 Å². The molecule has 0 aliphatic carbocycles. The number of nitrogens with two attached hydrogens (primary N) is 1. The van der Waals surface area contributed by atoms with Crippen LogP contribution in [0.25, 0.3) is 0 Å². The first-order chi connectivity index (χ1) is 8.61. The van der Waals surface area contributed by atoms with E-state index in [9.17, 15) is 9.18 Å². The number of hydrogen-bond acceptors (Lipinski definition) is 4. The summed E-state index contributed by atoms with van der Waals surface area (Å²) in [6.07, 6.45) is 5.30. The third kappa shape index (κ3) is 2.13. The van der Waals surface area contributed by atoms with Gasteiger partial charge in [-0.25, -0.2) is 4.39 Å². The Morgan fingerprint density at radius 1 is 1.28 bits per heavy atom. The SMILES string of the molecule is CN(C(=O)c1ccncc1F)c1ccncc1N. The predicted molar refractivity (Wildman–Crippen MR) is 65.6 cm³/mol. The highest BCUT2D eigenvalue weighted by molar-refractivity contribution is 6.07. The number of hydrogen-bond donors (Lipinski definition) is 1. The van der Waals surface area contributed by atoms with Crippen molar-refractivity contribution in [3.8, 4) is 0 Å². The van der Waals surface area contributed by atoms with Crippen LogP contribution in [0.5, 0.6) is 0 Å². The fourth-order valence-corrected chi connectivity index (χ4v) is 1.54. The third-order valence-electron chi connectivity index (χ3n) is 2.50. The smallest absolute Gasteiger partial charge is 0.261 e. The van der Waals surface area contributed by atoms with Crippen LogP contribution in [0.2, 0.25) is 0 Å². The molecule has 2 aromatic heterocycles. The molecular weight excluding hydrogens is 235 g/mol. The zero-order valence-electron chi connectivity index (χ0n) is 9.67. The van der Waals surface area contributed by atoms with Crippen molar-refractivity contribution in [2.24, 2.45) is 0 Å². The van der Waals surface area contributed by atoms with Gasteiger partial charge < -0.3 is 10.6 Å². The second-order valence-electron chi connectivity index (χ2n) is 3.65. The standard InChI is InChI=1S/C12H11FN4O/c1-17(11-3-5-16-7-10(11)14)12(18)8-2-4-15-6-9(8)13/h2-7H,14H2,1H3. The topological polar surface area (TPSA) is 72.1 Å². The molecule has 0 bridgehead atoms. The van der Waals surface area contributed by atoms with Crippen molar-refractivity contribution < 1.29 is 9.18 Å². The van der Waals surface area contributed by atoms with E-state index in [0.717, 1.165) is 6.20 Å². The van der Waals surface area contributed by atoms with Crippen LogP contribution in [0.3, 0.4) is 0 Å². The first-order valence-corrected chi connectivity index (χ1v) is 5.18. The molecular formula is C12H11FN4O. The number of nitrogens with zero attached hydrogens (tertiary/aromatic N) is 3. The van der Waals surface area contributed by atoms with Crippen molar-refractivity contribution in [1.29, 1.82) is 0 Å². The molecule has 0 saturated carbocycles. The van der Waals surface area contributed by atoms with Gasteiger partial charge in [0.25, 0.3) is 5.91 Å². The lowest BCUT2D eigenvalue weighted by Crippen LogP contribution is -2.28. The number of nitrogen functional groups attached to an aromatic ring is 1. The average Bonchev–Trinajstić information content (AvgIpc) is 2.38. The average molecular weight is 246 g/mol. The molecule has 2 heterocycles. The number of carbonyl (C=O) groups is 1. The number of amides is 1. The monoisotopic (exact) mass is 246 g/mol. The highest BCUT2D eigenvalue weighted by atomic mass is 19.1. The zero-order valence-corrected chi connectivity index (χ0v) is 9.67. The van der Waals surface area contributed by atoms with Crippen LogP contribution in [0.15, 0.2) is 36.9 Å². The molecule has 2 rings (SSSR count). The fourth-order valence-electron chi connectivity index (χ4n) is 1.54. The van der Waals surface area contributed by atoms with E-state index in [-0.39, 0.29) is 5.56 Å². The van der Waals surface area contributed by atoms with E-state index >= 15 is 0 Å². The van der Waals surface area contributed by atoms with Crippen molar-refractivity contribution in [1.82, 2.24) is 9.97 Å². The molecule has 0 aliphatic heterocycles. The first kappa shape index (κ1) is 12.0. The Kier molecular flexibility index (Phi) is 3.18. The van der Waals surface area contributed by atoms with Gasteiger partial charge in [-0.2, -0.15) is 0 Å². The lowest BCUT2D eigenvalue weighted by molar-refractivity contribution is 0.0989. The van der Waals surface area contributed by atoms with Crippen LogP contribution in [-0.4, -0.2) is 22.9 Å². The molecule has 6 heteroatoms. The molecule has 0 radical (unpaired) electrons. The molecule has 0 atom stereocenters. The second kappa shape index (κ2) is 4.79. The zero-order chi connectivity index (χ0) is 13.1. The van der Waals surface area contributed by atoms with Gasteiger partial charge in [0.15, 0.2) is 5.82 Å². The predicted octanol–water partition coefficient (Wildman–Crippen LogP) is 1.47. The molecule has 0 saturated heterocycles. The maximum absolute atomic E-state index is 13.5. The number of anilines is 2. The summed E-state index contributed by atoms with van der Waals surface area (Å²) in [5.41, 5.74) is 6.49. The second-order valence-corrected chi connectivity index (χ2v) is 3.65. The normalized spacial score (nSPS) is 10.1. The molecule has 0 fully saturated rings. The summed E-state index contributed by atoms with van der Waals surface area (Å²) in [6, 6.07) is 2.91. The van der Waals surface area contributed by atoms with E-state index in [1.807, 2.05) is 0 Å². The maximum atomic E-state index is 13.5. The van der Waals surface area contributed by atoms with Gasteiger partial charge in [-0.15, -0.1) is 0 Å². The van der Waals surface area contributed by atoms with Crippen LogP contribution in [0, 0.1) is 5.82 Å². The van der Waals surface area contributed by atoms with Gasteiger partial charge in [-0.3, -0.25) is 14.8 Å². The molecule has 0 spiro atoms. The van der Waals surface area contributed by atoms with E-state index < -0.39 is 11.7 Å². The number of pyridine rings is 2. The Hall–Kier alpha value is -2.50. The number of halogens is 1. The Labute approximate surface area is 103 Å². The van der Waals surface area contributed by atoms with Gasteiger partial charge in [0.2, 0.25) is 0 Å². The molecule has 0 aromatic carbocycles. The molecule has 2 aromatic rings. The third-order valence-corrected chi connectivity index (χ3v) is 2.50. The summed E-state index contributed by atoms with van der Waals surface area (Å²) in [6.45, 7) is 0. The van der Waals surface area contributed by atoms with Crippen molar-refractivity contribution >= 4 is 17.3 Å². The van der Waals surface area contributed by atoms with Crippen molar-refractivity contribution in [3.63, 3.8) is 0 Å². The maximum Gasteiger partial charge on any atom is 0.261 e. The van der Waals surface area contributed by atoms with Crippen LogP contribution in [-0.2, 0) is 0 Å². The minimum atomic E-state index is -0.665. The quantitative estimate of drug-likeness (QED) is 0.871. The molecule has 5 nitrogen and oxygen atoms in total. The van der Waals surface area contributed by atoms with Crippen LogP contribution < -0.4 is 10.6 Å². The van der Waals surface area contributed by atoms with E-state index in [1.165, 1.54) is 36.6 Å². The molecule has 0 aliphatic rings. The lowest BCUT2D eigenvalue weighted by Gasteiger charge is -2.18. The van der Waals surface area contributed by atoms with Crippen LogP contribution in [0.1, 0.15) is 10.4 Å². The number of rotatable bonds is 2. The Balaban J connectivity index is 2.36. The highest BCUT2D eigenvalue weighted by Crippen LogP contribution is 2.22. The van der Waals surface area contributed by atoms with E-state index in [1.54, 1.807) is 6.07 Å². The van der Waals surface area contributed by atoms with Crippen molar-refractivity contribution in [3.05, 3.63) is 48.3 Å². The Morgan fingerprint density at radius 2 is 1.94 bits per heavy atom. The highest BCUT2D eigenvalue weighted by Gasteiger charge is 2.18. The summed E-state index contributed by atoms with van der Waals surface area (Å²) in [7, 11) is 1.52. The van der Waals surface area contributed by atoms with E-state index in [2.05, 4.69) is 9.97 Å². The first-order valence-electron chi connectivity index (χ1n) is 5.18. The molecule has 18 heavy (non-hydrogen) atoms. The van der Waals surface area contributed by atoms with Gasteiger partial charge in [-0.05, 0) is 12.1 Å². The summed E-state index contributed by atoms with van der Waals surface area (Å²) < 4.78 is 13.5. The lowest BCUT2D eigenvalue weighted by atomic mass is 10.2. The van der Waals surface area contributed by atoms with Crippen molar-refractivity contribution in [2.75, 3.05) is 17.7 Å². The minimum Gasteiger partial charge on any atom is -0.396 e. The fraction of sp³-hybridized carbons (Fsp3) is 0.0833. The molecule has 0 unspecified atom stereocenters. The van der Waals surface area contributed by atoms with Gasteiger partial charge >= 0.3 is 0 Å². The summed E-state index contributed by atoms with van der Waals surface area (Å²) in [5, 5.41) is 0. The Bertz CT molecular complexity index is 588. The van der Waals surface area contributed by atoms with E-state index in [0.29, 0.717) is 11.4 Å². The minimum absolute atomic E-state index is 0.0521. The molecule has 1 amide bonds. The molecule has 92 valence electrons. The van der Waals surface area contributed by atoms with Crippen molar-refractivity contribution in [2.45, 2.75) is 0 Å². The van der Waals surface area contributed by atoms with Gasteiger partial charge in [0.05, 0.1) is 29.3 Å². The summed E-state index contributed by atoms with van der Waals surface area (Å²) in [4.78, 5) is 20.8.